The number of carbonyl (C=O) groups is 2. The second-order valence-corrected chi connectivity index (χ2v) is 6.19. The van der Waals surface area contributed by atoms with E-state index in [4.69, 9.17) is 21.3 Å². The number of carbonyl (C=O) groups excluding carboxylic acids is 1. The smallest absolute Gasteiger partial charge is 0.323 e. The first-order chi connectivity index (χ1) is 8.49. The van der Waals surface area contributed by atoms with E-state index in [9.17, 15) is 9.59 Å². The Kier molecular flexibility index (Phi) is 10.2. The van der Waals surface area contributed by atoms with Gasteiger partial charge >= 0.3 is 11.9 Å². The molecule has 0 rings (SSSR count). The van der Waals surface area contributed by atoms with E-state index in [1.807, 2.05) is 6.92 Å². The number of nitrogens with two attached hydrogens (primary N) is 2. The molecule has 2 atom stereocenters. The Hall–Kier alpha value is -0.440. The minimum absolute atomic E-state index is 0.275. The minimum atomic E-state index is -1.04. The van der Waals surface area contributed by atoms with Gasteiger partial charge < -0.3 is 21.3 Å². The number of ether oxygens (including phenoxy) is 1. The van der Waals surface area contributed by atoms with E-state index in [0.717, 1.165) is 12.8 Å². The van der Waals surface area contributed by atoms with Gasteiger partial charge in [-0.2, -0.15) is 0 Å². The Morgan fingerprint density at radius 3 is 2.28 bits per heavy atom. The van der Waals surface area contributed by atoms with E-state index in [1.165, 1.54) is 21.6 Å². The van der Waals surface area contributed by atoms with Crippen LogP contribution in [0.25, 0.3) is 0 Å². The molecule has 6 nitrogen and oxygen atoms in total. The molecule has 106 valence electrons. The molecule has 18 heavy (non-hydrogen) atoms. The molecule has 0 heterocycles. The lowest BCUT2D eigenvalue weighted by molar-refractivity contribution is -0.144. The van der Waals surface area contributed by atoms with Gasteiger partial charge in [0.2, 0.25) is 0 Å². The van der Waals surface area contributed by atoms with Crippen molar-refractivity contribution >= 4 is 33.5 Å². The lowest BCUT2D eigenvalue weighted by Crippen LogP contribution is -2.35. The van der Waals surface area contributed by atoms with Crippen molar-refractivity contribution in [2.75, 3.05) is 18.1 Å². The molecular weight excluding hydrogens is 276 g/mol. The first kappa shape index (κ1) is 17.6. The zero-order valence-corrected chi connectivity index (χ0v) is 12.0. The van der Waals surface area contributed by atoms with Gasteiger partial charge in [-0.05, 0) is 6.42 Å². The SMILES string of the molecule is CCCCOC(=O)[C@H](N)CSSC[C@@H](N)C(=O)O. The van der Waals surface area contributed by atoms with Crippen molar-refractivity contribution in [2.45, 2.75) is 31.8 Å². The lowest BCUT2D eigenvalue weighted by Gasteiger charge is -2.11. The number of esters is 1. The number of carboxylic acids is 1. The third-order valence-corrected chi connectivity index (χ3v) is 4.41. The van der Waals surface area contributed by atoms with E-state index < -0.39 is 24.0 Å². The standard InChI is InChI=1S/C10H20N2O4S2/c1-2-3-4-16-10(15)8(12)6-18-17-5-7(11)9(13)14/h7-8H,2-6,11-12H2,1H3,(H,13,14)/t7-,8-/m1/s1. The molecule has 0 bridgehead atoms. The van der Waals surface area contributed by atoms with Crippen LogP contribution in [0.4, 0.5) is 0 Å². The van der Waals surface area contributed by atoms with E-state index >= 15 is 0 Å². The topological polar surface area (TPSA) is 116 Å². The van der Waals surface area contributed by atoms with Gasteiger partial charge in [0.15, 0.2) is 0 Å². The summed E-state index contributed by atoms with van der Waals surface area (Å²) < 4.78 is 4.96. The van der Waals surface area contributed by atoms with Gasteiger partial charge in [-0.1, -0.05) is 34.9 Å². The third-order valence-electron chi connectivity index (χ3n) is 1.94. The summed E-state index contributed by atoms with van der Waals surface area (Å²) in [5.41, 5.74) is 10.9. The highest BCUT2D eigenvalue weighted by molar-refractivity contribution is 8.76. The van der Waals surface area contributed by atoms with Crippen LogP contribution >= 0.6 is 21.6 Å². The molecule has 5 N–H and O–H groups in total. The summed E-state index contributed by atoms with van der Waals surface area (Å²) in [6, 6.07) is -1.57. The molecule has 0 aliphatic carbocycles. The monoisotopic (exact) mass is 296 g/mol. The normalized spacial score (nSPS) is 13.9. The van der Waals surface area contributed by atoms with Gasteiger partial charge in [0.1, 0.15) is 12.1 Å². The zero-order chi connectivity index (χ0) is 14.0. The zero-order valence-electron chi connectivity index (χ0n) is 10.3. The second kappa shape index (κ2) is 10.5. The number of hydrogen-bond acceptors (Lipinski definition) is 7. The fourth-order valence-corrected chi connectivity index (χ4v) is 3.03. The van der Waals surface area contributed by atoms with Crippen molar-refractivity contribution < 1.29 is 19.4 Å². The van der Waals surface area contributed by atoms with Crippen LogP contribution in [-0.2, 0) is 14.3 Å². The number of hydrogen-bond donors (Lipinski definition) is 3. The molecule has 0 aliphatic heterocycles. The Labute approximate surface area is 115 Å². The van der Waals surface area contributed by atoms with Crippen molar-refractivity contribution in [1.82, 2.24) is 0 Å². The highest BCUT2D eigenvalue weighted by Gasteiger charge is 2.16. The highest BCUT2D eigenvalue weighted by Crippen LogP contribution is 2.22. The largest absolute Gasteiger partial charge is 0.480 e. The lowest BCUT2D eigenvalue weighted by atomic mass is 10.3. The van der Waals surface area contributed by atoms with Crippen molar-refractivity contribution in [3.63, 3.8) is 0 Å². The molecule has 0 aliphatic rings. The molecule has 0 unspecified atom stereocenters. The summed E-state index contributed by atoms with van der Waals surface area (Å²) >= 11 is 0. The molecule has 8 heteroatoms. The second-order valence-electron chi connectivity index (χ2n) is 3.64. The molecule has 0 aromatic carbocycles. The first-order valence-corrected chi connectivity index (χ1v) is 8.12. The van der Waals surface area contributed by atoms with E-state index in [-0.39, 0.29) is 5.75 Å². The van der Waals surface area contributed by atoms with Gasteiger partial charge in [-0.25, -0.2) is 0 Å². The fourth-order valence-electron chi connectivity index (χ4n) is 0.806. The van der Waals surface area contributed by atoms with Crippen molar-refractivity contribution in [1.29, 1.82) is 0 Å². The minimum Gasteiger partial charge on any atom is -0.480 e. The van der Waals surface area contributed by atoms with Crippen molar-refractivity contribution in [3.05, 3.63) is 0 Å². The first-order valence-electron chi connectivity index (χ1n) is 5.64. The quantitative estimate of drug-likeness (QED) is 0.302. The Bertz CT molecular complexity index is 266. The summed E-state index contributed by atoms with van der Waals surface area (Å²) in [5, 5.41) is 8.55. The number of carboxylic acid groups (broad SMARTS) is 1. The van der Waals surface area contributed by atoms with Crippen LogP contribution < -0.4 is 11.5 Å². The number of rotatable bonds is 10. The van der Waals surface area contributed by atoms with Crippen LogP contribution in [0.2, 0.25) is 0 Å². The molecule has 0 aromatic rings. The number of aliphatic carboxylic acids is 1. The Morgan fingerprint density at radius 2 is 1.78 bits per heavy atom. The Balaban J connectivity index is 3.60. The Morgan fingerprint density at radius 1 is 1.22 bits per heavy atom. The van der Waals surface area contributed by atoms with Crippen LogP contribution in [0.5, 0.6) is 0 Å². The fraction of sp³-hybridized carbons (Fsp3) is 0.800. The van der Waals surface area contributed by atoms with Gasteiger partial charge in [-0.3, -0.25) is 9.59 Å². The molecule has 0 radical (unpaired) electrons. The predicted molar refractivity (Wildman–Crippen MR) is 74.4 cm³/mol. The average Bonchev–Trinajstić information content (AvgIpc) is 2.33. The van der Waals surface area contributed by atoms with Gasteiger partial charge in [0, 0.05) is 11.5 Å². The van der Waals surface area contributed by atoms with Crippen molar-refractivity contribution in [2.24, 2.45) is 11.5 Å². The summed E-state index contributed by atoms with van der Waals surface area (Å²) in [7, 11) is 2.61. The molecule has 0 fully saturated rings. The predicted octanol–water partition coefficient (Wildman–Crippen LogP) is 0.450. The maximum absolute atomic E-state index is 11.4. The van der Waals surface area contributed by atoms with Crippen molar-refractivity contribution in [3.8, 4) is 0 Å². The van der Waals surface area contributed by atoms with E-state index in [0.29, 0.717) is 12.4 Å². The van der Waals surface area contributed by atoms with E-state index in [1.54, 1.807) is 0 Å². The van der Waals surface area contributed by atoms with Gasteiger partial charge in [-0.15, -0.1) is 0 Å². The molecule has 0 spiro atoms. The van der Waals surface area contributed by atoms with Crippen LogP contribution in [0.15, 0.2) is 0 Å². The third kappa shape index (κ3) is 8.62. The molecule has 0 saturated carbocycles. The molecule has 0 saturated heterocycles. The maximum atomic E-state index is 11.4. The van der Waals surface area contributed by atoms with Gasteiger partial charge in [0.05, 0.1) is 6.61 Å². The summed E-state index contributed by atoms with van der Waals surface area (Å²) in [4.78, 5) is 21.8. The van der Waals surface area contributed by atoms with Crippen LogP contribution in [0, 0.1) is 0 Å². The van der Waals surface area contributed by atoms with Gasteiger partial charge in [0.25, 0.3) is 0 Å². The van der Waals surface area contributed by atoms with Crippen LogP contribution in [0.1, 0.15) is 19.8 Å². The molecular formula is C10H20N2O4S2. The van der Waals surface area contributed by atoms with Crippen LogP contribution in [-0.4, -0.2) is 47.2 Å². The maximum Gasteiger partial charge on any atom is 0.323 e. The summed E-state index contributed by atoms with van der Waals surface area (Å²) in [5.74, 6) is -0.801. The van der Waals surface area contributed by atoms with Crippen LogP contribution in [0.3, 0.4) is 0 Å². The molecule has 0 amide bonds. The summed E-state index contributed by atoms with van der Waals surface area (Å²) in [6.07, 6.45) is 1.79. The highest BCUT2D eigenvalue weighted by atomic mass is 33.1. The summed E-state index contributed by atoms with van der Waals surface area (Å²) in [6.45, 7) is 2.40. The molecule has 0 aromatic heterocycles. The number of unbranched alkanes of at least 4 members (excludes halogenated alkanes) is 1. The van der Waals surface area contributed by atoms with E-state index in [2.05, 4.69) is 0 Å². The average molecular weight is 296 g/mol.